The van der Waals surface area contributed by atoms with Crippen LogP contribution in [-0.4, -0.2) is 34.3 Å². The summed E-state index contributed by atoms with van der Waals surface area (Å²) in [4.78, 5) is 11.6. The van der Waals surface area contributed by atoms with E-state index in [1.54, 1.807) is 12.3 Å². The average molecular weight is 385 g/mol. The number of piperidine rings is 1. The molecule has 0 spiro atoms. The van der Waals surface area contributed by atoms with E-state index in [0.717, 1.165) is 17.9 Å². The topological polar surface area (TPSA) is 75.3 Å². The number of aliphatic hydroxyl groups excluding tert-OH is 1. The molecule has 24 heavy (non-hydrogen) atoms. The van der Waals surface area contributed by atoms with Crippen molar-refractivity contribution in [3.63, 3.8) is 0 Å². The molecule has 1 aromatic carbocycles. The van der Waals surface area contributed by atoms with Crippen molar-refractivity contribution in [3.05, 3.63) is 34.4 Å². The zero-order chi connectivity index (χ0) is 17.3. The highest BCUT2D eigenvalue weighted by molar-refractivity contribution is 7.99. The molecule has 0 radical (unpaired) electrons. The van der Waals surface area contributed by atoms with Gasteiger partial charge in [0.1, 0.15) is 10.8 Å². The predicted octanol–water partition coefficient (Wildman–Crippen LogP) is 3.72. The van der Waals surface area contributed by atoms with Crippen LogP contribution in [0.25, 0.3) is 0 Å². The van der Waals surface area contributed by atoms with Gasteiger partial charge in [-0.3, -0.25) is 0 Å². The van der Waals surface area contributed by atoms with Gasteiger partial charge in [-0.15, -0.1) is 0 Å². The van der Waals surface area contributed by atoms with Crippen LogP contribution in [-0.2, 0) is 0 Å². The zero-order valence-corrected chi connectivity index (χ0v) is 15.4. The van der Waals surface area contributed by atoms with Gasteiger partial charge in [-0.25, -0.2) is 9.97 Å². The number of nitrogens with two attached hydrogens (primary N) is 1. The summed E-state index contributed by atoms with van der Waals surface area (Å²) >= 11 is 13.6. The highest BCUT2D eigenvalue weighted by atomic mass is 35.5. The minimum atomic E-state index is -0.360. The van der Waals surface area contributed by atoms with Gasteiger partial charge < -0.3 is 15.7 Å². The molecule has 1 aliphatic heterocycles. The van der Waals surface area contributed by atoms with Crippen LogP contribution in [0, 0.1) is 5.92 Å². The second-order valence-electron chi connectivity index (χ2n) is 5.85. The van der Waals surface area contributed by atoms with Gasteiger partial charge in [0.25, 0.3) is 0 Å². The van der Waals surface area contributed by atoms with Crippen molar-refractivity contribution >= 4 is 46.6 Å². The fraction of sp³-hybridized carbons (Fsp3) is 0.375. The quantitative estimate of drug-likeness (QED) is 0.839. The van der Waals surface area contributed by atoms with Crippen molar-refractivity contribution in [2.45, 2.75) is 29.4 Å². The van der Waals surface area contributed by atoms with Crippen molar-refractivity contribution < 1.29 is 5.11 Å². The lowest BCUT2D eigenvalue weighted by Crippen LogP contribution is -2.43. The Balaban J connectivity index is 1.79. The normalized spacial score (nSPS) is 21.1. The number of hydrogen-bond acceptors (Lipinski definition) is 6. The molecule has 0 aliphatic carbocycles. The number of rotatable bonds is 3. The predicted molar refractivity (Wildman–Crippen MR) is 99.0 cm³/mol. The Bertz CT molecular complexity index is 746. The summed E-state index contributed by atoms with van der Waals surface area (Å²) in [7, 11) is 0. The first-order valence-corrected chi connectivity index (χ1v) is 9.20. The smallest absolute Gasteiger partial charge is 0.158 e. The van der Waals surface area contributed by atoms with E-state index in [1.165, 1.54) is 11.8 Å². The SMILES string of the molecule is CC1CCN(c2cnc(Sc3cccc(Cl)c3Cl)c(N)n2)CC1O. The molecule has 8 heteroatoms. The molecule has 1 aromatic heterocycles. The monoisotopic (exact) mass is 384 g/mol. The van der Waals surface area contributed by atoms with E-state index in [9.17, 15) is 5.11 Å². The lowest BCUT2D eigenvalue weighted by Gasteiger charge is -2.34. The fourth-order valence-corrected chi connectivity index (χ4v) is 3.82. The Morgan fingerprint density at radius 1 is 1.38 bits per heavy atom. The first kappa shape index (κ1) is 17.6. The molecule has 1 aliphatic rings. The number of anilines is 2. The molecule has 1 fully saturated rings. The van der Waals surface area contributed by atoms with E-state index in [1.807, 2.05) is 17.0 Å². The van der Waals surface area contributed by atoms with Crippen LogP contribution in [0.4, 0.5) is 11.6 Å². The molecule has 3 N–H and O–H groups in total. The molecule has 128 valence electrons. The number of nitrogen functional groups attached to an aromatic ring is 1. The number of halogens is 2. The van der Waals surface area contributed by atoms with E-state index in [4.69, 9.17) is 28.9 Å². The molecule has 2 atom stereocenters. The summed E-state index contributed by atoms with van der Waals surface area (Å²) in [5.41, 5.74) is 6.07. The summed E-state index contributed by atoms with van der Waals surface area (Å²) < 4.78 is 0. The summed E-state index contributed by atoms with van der Waals surface area (Å²) in [5.74, 6) is 1.31. The molecule has 5 nitrogen and oxygen atoms in total. The second kappa shape index (κ2) is 7.35. The highest BCUT2D eigenvalue weighted by Gasteiger charge is 2.25. The molecule has 3 rings (SSSR count). The van der Waals surface area contributed by atoms with Gasteiger partial charge in [0.15, 0.2) is 5.82 Å². The third kappa shape index (κ3) is 3.72. The molecule has 0 saturated carbocycles. The maximum atomic E-state index is 10.0. The summed E-state index contributed by atoms with van der Waals surface area (Å²) in [6.45, 7) is 3.43. The van der Waals surface area contributed by atoms with E-state index >= 15 is 0 Å². The van der Waals surface area contributed by atoms with Crippen molar-refractivity contribution in [3.8, 4) is 0 Å². The minimum absolute atomic E-state index is 0.298. The van der Waals surface area contributed by atoms with Crippen molar-refractivity contribution in [2.24, 2.45) is 5.92 Å². The summed E-state index contributed by atoms with van der Waals surface area (Å²) in [6, 6.07) is 5.41. The Morgan fingerprint density at radius 3 is 2.88 bits per heavy atom. The molecule has 1 saturated heterocycles. The largest absolute Gasteiger partial charge is 0.391 e. The molecule has 2 aromatic rings. The molecule has 0 amide bonds. The molecule has 2 heterocycles. The number of hydrogen-bond donors (Lipinski definition) is 2. The van der Waals surface area contributed by atoms with Gasteiger partial charge in [0, 0.05) is 18.0 Å². The summed E-state index contributed by atoms with van der Waals surface area (Å²) in [5, 5.41) is 11.6. The second-order valence-corrected chi connectivity index (χ2v) is 7.67. The van der Waals surface area contributed by atoms with Crippen LogP contribution < -0.4 is 10.6 Å². The van der Waals surface area contributed by atoms with Crippen molar-refractivity contribution in [2.75, 3.05) is 23.7 Å². The number of aromatic nitrogens is 2. The lowest BCUT2D eigenvalue weighted by molar-refractivity contribution is 0.102. The number of nitrogens with zero attached hydrogens (tertiary/aromatic N) is 3. The maximum Gasteiger partial charge on any atom is 0.158 e. The number of aliphatic hydroxyl groups is 1. The van der Waals surface area contributed by atoms with Gasteiger partial charge in [-0.1, -0.05) is 48.0 Å². The number of benzene rings is 1. The van der Waals surface area contributed by atoms with Gasteiger partial charge in [0.05, 0.1) is 22.3 Å². The Hall–Kier alpha value is -1.21. The van der Waals surface area contributed by atoms with E-state index < -0.39 is 0 Å². The highest BCUT2D eigenvalue weighted by Crippen LogP contribution is 2.38. The van der Waals surface area contributed by atoms with Crippen LogP contribution in [0.2, 0.25) is 10.0 Å². The Labute approximate surface area is 155 Å². The summed E-state index contributed by atoms with van der Waals surface area (Å²) in [6.07, 6.45) is 2.23. The van der Waals surface area contributed by atoms with Crippen LogP contribution in [0.3, 0.4) is 0 Å². The zero-order valence-electron chi connectivity index (χ0n) is 13.1. The first-order valence-electron chi connectivity index (χ1n) is 7.63. The van der Waals surface area contributed by atoms with Crippen molar-refractivity contribution in [1.82, 2.24) is 9.97 Å². The van der Waals surface area contributed by atoms with Crippen LogP contribution >= 0.6 is 35.0 Å². The lowest BCUT2D eigenvalue weighted by atomic mass is 9.96. The Morgan fingerprint density at radius 2 is 2.17 bits per heavy atom. The van der Waals surface area contributed by atoms with Gasteiger partial charge in [-0.2, -0.15) is 0 Å². The van der Waals surface area contributed by atoms with Gasteiger partial charge in [0.2, 0.25) is 0 Å². The van der Waals surface area contributed by atoms with Crippen LogP contribution in [0.1, 0.15) is 13.3 Å². The first-order chi connectivity index (χ1) is 11.5. The maximum absolute atomic E-state index is 10.0. The molecule has 2 unspecified atom stereocenters. The molecular weight excluding hydrogens is 367 g/mol. The average Bonchev–Trinajstić information content (AvgIpc) is 2.56. The van der Waals surface area contributed by atoms with E-state index in [2.05, 4.69) is 16.9 Å². The molecular formula is C16H18Cl2N4OS. The van der Waals surface area contributed by atoms with E-state index in [0.29, 0.717) is 39.2 Å². The standard InChI is InChI=1S/C16H18Cl2N4OS/c1-9-5-6-22(8-11(9)23)13-7-20-16(15(19)21-13)24-12-4-2-3-10(17)14(12)18/h2-4,7,9,11,23H,5-6,8H2,1H3,(H2,19,21). The van der Waals surface area contributed by atoms with Gasteiger partial charge >= 0.3 is 0 Å². The van der Waals surface area contributed by atoms with Crippen LogP contribution in [0.5, 0.6) is 0 Å². The van der Waals surface area contributed by atoms with Gasteiger partial charge in [-0.05, 0) is 24.5 Å². The van der Waals surface area contributed by atoms with Crippen LogP contribution in [0.15, 0.2) is 34.3 Å². The molecule has 0 bridgehead atoms. The van der Waals surface area contributed by atoms with E-state index in [-0.39, 0.29) is 6.10 Å². The third-order valence-electron chi connectivity index (χ3n) is 4.12. The Kier molecular flexibility index (Phi) is 5.39. The number of β-amino-alcohol motifs (C(OH)–C–C–N with tert-alkyl or cyclic N) is 1. The third-order valence-corrected chi connectivity index (χ3v) is 6.12. The fourth-order valence-electron chi connectivity index (χ4n) is 2.54. The minimum Gasteiger partial charge on any atom is -0.391 e. The van der Waals surface area contributed by atoms with Crippen molar-refractivity contribution in [1.29, 1.82) is 0 Å².